The van der Waals surface area contributed by atoms with Gasteiger partial charge < -0.3 is 15.6 Å². The summed E-state index contributed by atoms with van der Waals surface area (Å²) in [6.45, 7) is 0.730. The van der Waals surface area contributed by atoms with Crippen LogP contribution in [0.15, 0.2) is 48.5 Å². The van der Waals surface area contributed by atoms with Crippen molar-refractivity contribution in [1.29, 1.82) is 0 Å². The number of fused-ring (bicyclic) bond motifs is 1. The van der Waals surface area contributed by atoms with Crippen molar-refractivity contribution in [3.05, 3.63) is 65.6 Å². The number of ether oxygens (including phenoxy) is 1. The molecule has 0 radical (unpaired) electrons. The molecule has 0 aliphatic heterocycles. The van der Waals surface area contributed by atoms with Gasteiger partial charge in [0.15, 0.2) is 11.5 Å². The van der Waals surface area contributed by atoms with Crippen LogP contribution in [-0.2, 0) is 18.0 Å². The lowest BCUT2D eigenvalue weighted by molar-refractivity contribution is 0.106. The van der Waals surface area contributed by atoms with Crippen molar-refractivity contribution in [2.75, 3.05) is 6.61 Å². The van der Waals surface area contributed by atoms with Gasteiger partial charge in [-0.3, -0.25) is 4.40 Å². The van der Waals surface area contributed by atoms with Crippen molar-refractivity contribution in [3.8, 4) is 0 Å². The highest BCUT2D eigenvalue weighted by Gasteiger charge is 2.16. The molecule has 2 aromatic heterocycles. The van der Waals surface area contributed by atoms with Crippen molar-refractivity contribution in [3.63, 3.8) is 0 Å². The zero-order valence-electron chi connectivity index (χ0n) is 12.5. The number of aliphatic hydroxyl groups is 1. The molecule has 0 amide bonds. The first-order valence-corrected chi connectivity index (χ1v) is 7.10. The van der Waals surface area contributed by atoms with Crippen LogP contribution in [0.25, 0.3) is 5.65 Å². The van der Waals surface area contributed by atoms with Crippen LogP contribution in [0.3, 0.4) is 0 Å². The number of halogens is 1. The lowest BCUT2D eigenvalue weighted by atomic mass is 10.2. The van der Waals surface area contributed by atoms with Gasteiger partial charge in [-0.05, 0) is 17.7 Å². The number of aromatic nitrogens is 3. The Morgan fingerprint density at radius 2 is 1.87 bits per heavy atom. The van der Waals surface area contributed by atoms with E-state index in [9.17, 15) is 5.11 Å². The summed E-state index contributed by atoms with van der Waals surface area (Å²) in [6, 6.07) is 15.0. The van der Waals surface area contributed by atoms with Gasteiger partial charge in [-0.25, -0.2) is 0 Å². The van der Waals surface area contributed by atoms with Crippen LogP contribution in [0, 0.1) is 0 Å². The molecule has 0 bridgehead atoms. The fraction of sp³-hybridized carbons (Fsp3) is 0.250. The summed E-state index contributed by atoms with van der Waals surface area (Å²) >= 11 is 0. The summed E-state index contributed by atoms with van der Waals surface area (Å²) in [4.78, 5) is 0. The molecule has 7 heteroatoms. The highest BCUT2D eigenvalue weighted by atomic mass is 35.5. The number of benzene rings is 1. The monoisotopic (exact) mass is 334 g/mol. The van der Waals surface area contributed by atoms with Gasteiger partial charge in [0.25, 0.3) is 0 Å². The van der Waals surface area contributed by atoms with Crippen LogP contribution in [0.4, 0.5) is 0 Å². The molecule has 1 aromatic carbocycles. The SMILES string of the molecule is Cl.NC(COCc1ccccc1)c1nnc2cccc(CO)n12. The number of hydrogen-bond acceptors (Lipinski definition) is 5. The summed E-state index contributed by atoms with van der Waals surface area (Å²) in [5.41, 5.74) is 8.63. The van der Waals surface area contributed by atoms with E-state index in [1.54, 1.807) is 4.40 Å². The average molecular weight is 335 g/mol. The Balaban J connectivity index is 0.00000192. The first-order chi connectivity index (χ1) is 10.8. The lowest BCUT2D eigenvalue weighted by Crippen LogP contribution is -2.21. The second-order valence-corrected chi connectivity index (χ2v) is 5.03. The Morgan fingerprint density at radius 1 is 1.09 bits per heavy atom. The molecule has 0 saturated heterocycles. The Hall–Kier alpha value is -1.99. The van der Waals surface area contributed by atoms with Crippen molar-refractivity contribution in [1.82, 2.24) is 14.6 Å². The quantitative estimate of drug-likeness (QED) is 0.718. The van der Waals surface area contributed by atoms with Gasteiger partial charge in [-0.1, -0.05) is 36.4 Å². The number of nitrogens with zero attached hydrogens (tertiary/aromatic N) is 3. The Labute approximate surface area is 140 Å². The second-order valence-electron chi connectivity index (χ2n) is 5.03. The minimum Gasteiger partial charge on any atom is -0.390 e. The summed E-state index contributed by atoms with van der Waals surface area (Å²) in [5, 5.41) is 17.6. The average Bonchev–Trinajstić information content (AvgIpc) is 3.00. The van der Waals surface area contributed by atoms with Crippen molar-refractivity contribution >= 4 is 18.1 Å². The minimum absolute atomic E-state index is 0. The molecular formula is C16H19ClN4O2. The molecule has 3 aromatic rings. The van der Waals surface area contributed by atoms with Crippen LogP contribution in [-0.4, -0.2) is 26.3 Å². The molecule has 0 spiro atoms. The third-order valence-electron chi connectivity index (χ3n) is 3.44. The Bertz CT molecular complexity index is 748. The fourth-order valence-electron chi connectivity index (χ4n) is 2.35. The molecule has 3 N–H and O–H groups in total. The molecule has 1 atom stereocenters. The van der Waals surface area contributed by atoms with E-state index in [1.165, 1.54) is 0 Å². The van der Waals surface area contributed by atoms with Gasteiger partial charge in [0, 0.05) is 0 Å². The number of rotatable bonds is 6. The third-order valence-corrected chi connectivity index (χ3v) is 3.44. The first kappa shape index (κ1) is 17.4. The normalized spacial score (nSPS) is 12.1. The molecule has 122 valence electrons. The van der Waals surface area contributed by atoms with Crippen LogP contribution in [0.5, 0.6) is 0 Å². The maximum atomic E-state index is 9.44. The molecule has 3 rings (SSSR count). The maximum Gasteiger partial charge on any atom is 0.161 e. The van der Waals surface area contributed by atoms with E-state index < -0.39 is 6.04 Å². The number of pyridine rings is 1. The summed E-state index contributed by atoms with van der Waals surface area (Å²) in [6.07, 6.45) is 0. The molecule has 0 aliphatic rings. The predicted molar refractivity (Wildman–Crippen MR) is 89.2 cm³/mol. The van der Waals surface area contributed by atoms with E-state index in [2.05, 4.69) is 10.2 Å². The van der Waals surface area contributed by atoms with E-state index in [1.807, 2.05) is 48.5 Å². The standard InChI is InChI=1S/C16H18N4O2.ClH/c17-14(11-22-10-12-5-2-1-3-6-12)16-19-18-15-8-4-7-13(9-21)20(15)16;/h1-8,14,21H,9-11,17H2;1H. The van der Waals surface area contributed by atoms with E-state index in [4.69, 9.17) is 10.5 Å². The van der Waals surface area contributed by atoms with Crippen LogP contribution in [0.2, 0.25) is 0 Å². The highest BCUT2D eigenvalue weighted by molar-refractivity contribution is 5.85. The van der Waals surface area contributed by atoms with E-state index in [-0.39, 0.29) is 19.0 Å². The van der Waals surface area contributed by atoms with Crippen LogP contribution >= 0.6 is 12.4 Å². The summed E-state index contributed by atoms with van der Waals surface area (Å²) < 4.78 is 7.43. The third kappa shape index (κ3) is 3.86. The second kappa shape index (κ2) is 8.03. The molecule has 0 fully saturated rings. The van der Waals surface area contributed by atoms with Crippen molar-refractivity contribution < 1.29 is 9.84 Å². The smallest absolute Gasteiger partial charge is 0.161 e. The molecule has 2 heterocycles. The van der Waals surface area contributed by atoms with Gasteiger partial charge >= 0.3 is 0 Å². The molecule has 0 saturated carbocycles. The van der Waals surface area contributed by atoms with Gasteiger partial charge in [0.05, 0.1) is 31.6 Å². The minimum atomic E-state index is -0.411. The van der Waals surface area contributed by atoms with Crippen molar-refractivity contribution in [2.24, 2.45) is 5.73 Å². The van der Waals surface area contributed by atoms with Crippen molar-refractivity contribution in [2.45, 2.75) is 19.3 Å². The molecule has 0 aliphatic carbocycles. The highest BCUT2D eigenvalue weighted by Crippen LogP contribution is 2.14. The lowest BCUT2D eigenvalue weighted by Gasteiger charge is -2.12. The van der Waals surface area contributed by atoms with Crippen LogP contribution in [0.1, 0.15) is 23.1 Å². The zero-order valence-corrected chi connectivity index (χ0v) is 13.3. The topological polar surface area (TPSA) is 85.7 Å². The van der Waals surface area contributed by atoms with E-state index in [0.29, 0.717) is 30.4 Å². The molecule has 23 heavy (non-hydrogen) atoms. The van der Waals surface area contributed by atoms with Gasteiger partial charge in [-0.15, -0.1) is 22.6 Å². The van der Waals surface area contributed by atoms with Crippen LogP contribution < -0.4 is 5.73 Å². The predicted octanol–water partition coefficient (Wildman–Crippen LogP) is 1.86. The maximum absolute atomic E-state index is 9.44. The first-order valence-electron chi connectivity index (χ1n) is 7.10. The van der Waals surface area contributed by atoms with Gasteiger partial charge in [0.1, 0.15) is 0 Å². The number of aliphatic hydroxyl groups excluding tert-OH is 1. The Morgan fingerprint density at radius 3 is 2.61 bits per heavy atom. The summed E-state index contributed by atoms with van der Waals surface area (Å²) in [7, 11) is 0. The zero-order chi connectivity index (χ0) is 15.4. The fourth-order valence-corrected chi connectivity index (χ4v) is 2.35. The number of nitrogens with two attached hydrogens (primary N) is 1. The Kier molecular flexibility index (Phi) is 6.06. The molecule has 6 nitrogen and oxygen atoms in total. The molecular weight excluding hydrogens is 316 g/mol. The van der Waals surface area contributed by atoms with Gasteiger partial charge in [0.2, 0.25) is 0 Å². The largest absolute Gasteiger partial charge is 0.390 e. The summed E-state index contributed by atoms with van der Waals surface area (Å²) in [5.74, 6) is 0.590. The van der Waals surface area contributed by atoms with Gasteiger partial charge in [-0.2, -0.15) is 0 Å². The molecule has 1 unspecified atom stereocenters. The number of hydrogen-bond donors (Lipinski definition) is 2. The van der Waals surface area contributed by atoms with E-state index in [0.717, 1.165) is 5.56 Å². The van der Waals surface area contributed by atoms with E-state index >= 15 is 0 Å².